The molecule has 0 saturated heterocycles. The van der Waals surface area contributed by atoms with Gasteiger partial charge in [-0.1, -0.05) is 47.6 Å². The largest absolute Gasteiger partial charge is 0.325 e. The van der Waals surface area contributed by atoms with E-state index in [1.165, 1.54) is 0 Å². The summed E-state index contributed by atoms with van der Waals surface area (Å²) in [4.78, 5) is 0. The Morgan fingerprint density at radius 1 is 1.39 bits per heavy atom. The van der Waals surface area contributed by atoms with Gasteiger partial charge in [-0.05, 0) is 12.5 Å². The van der Waals surface area contributed by atoms with Crippen LogP contribution in [0.3, 0.4) is 0 Å². The fourth-order valence-corrected chi connectivity index (χ4v) is 1.39. The zero-order valence-electron chi connectivity index (χ0n) is 10.1. The second-order valence-electron chi connectivity index (χ2n) is 3.55. The van der Waals surface area contributed by atoms with Gasteiger partial charge in [-0.2, -0.15) is 8.42 Å². The molecule has 5 heteroatoms. The van der Waals surface area contributed by atoms with Crippen LogP contribution in [0.5, 0.6) is 0 Å². The Kier molecular flexibility index (Phi) is 5.32. The zero-order valence-corrected chi connectivity index (χ0v) is 10.9. The predicted octanol–water partition coefficient (Wildman–Crippen LogP) is 2.50. The Bertz CT molecular complexity index is 545. The maximum absolute atomic E-state index is 10.9. The molecule has 0 aliphatic heterocycles. The van der Waals surface area contributed by atoms with Gasteiger partial charge in [-0.25, -0.2) is 0 Å². The molecule has 96 valence electrons. The molecule has 0 spiro atoms. The molecule has 0 unspecified atom stereocenters. The summed E-state index contributed by atoms with van der Waals surface area (Å²) < 4.78 is 26.3. The highest BCUT2D eigenvalue weighted by Gasteiger charge is 2.03. The van der Waals surface area contributed by atoms with E-state index in [0.29, 0.717) is 12.1 Å². The van der Waals surface area contributed by atoms with Crippen molar-refractivity contribution in [3.63, 3.8) is 0 Å². The third kappa shape index (κ3) is 5.45. The molecule has 0 aliphatic rings. The van der Waals surface area contributed by atoms with Crippen LogP contribution in [-0.2, 0) is 14.4 Å². The van der Waals surface area contributed by atoms with Gasteiger partial charge in [-0.3, -0.25) is 4.28 Å². The Morgan fingerprint density at radius 3 is 2.61 bits per heavy atom. The first-order chi connectivity index (χ1) is 8.53. The lowest BCUT2D eigenvalue weighted by atomic mass is 10.1. The number of rotatable bonds is 6. The summed E-state index contributed by atoms with van der Waals surface area (Å²) >= 11 is 0. The zero-order chi connectivity index (χ0) is 13.4. The van der Waals surface area contributed by atoms with Gasteiger partial charge in [0.1, 0.15) is 5.71 Å². The number of allylic oxidation sites excluding steroid dienone is 3. The Labute approximate surface area is 107 Å². The minimum atomic E-state index is -3.60. The quantitative estimate of drug-likeness (QED) is 0.451. The van der Waals surface area contributed by atoms with Gasteiger partial charge in [0, 0.05) is 5.56 Å². The average Bonchev–Trinajstić information content (AvgIpc) is 2.33. The van der Waals surface area contributed by atoms with Crippen molar-refractivity contribution >= 4 is 15.8 Å². The third-order valence-corrected chi connectivity index (χ3v) is 2.26. The SMILES string of the molecule is C=CC/C=C\C(=N/OS(C)(=O)=O)c1ccccc1. The minimum Gasteiger partial charge on any atom is -0.268 e. The van der Waals surface area contributed by atoms with E-state index in [9.17, 15) is 8.42 Å². The molecular weight excluding hydrogens is 250 g/mol. The monoisotopic (exact) mass is 265 g/mol. The molecule has 4 nitrogen and oxygen atoms in total. The molecule has 0 radical (unpaired) electrons. The Morgan fingerprint density at radius 2 is 2.06 bits per heavy atom. The fraction of sp³-hybridized carbons (Fsp3) is 0.154. The van der Waals surface area contributed by atoms with Crippen LogP contribution < -0.4 is 0 Å². The molecule has 1 aromatic rings. The summed E-state index contributed by atoms with van der Waals surface area (Å²) in [6.45, 7) is 3.60. The summed E-state index contributed by atoms with van der Waals surface area (Å²) in [6, 6.07) is 9.19. The van der Waals surface area contributed by atoms with E-state index in [1.807, 2.05) is 36.4 Å². The second-order valence-corrected chi connectivity index (χ2v) is 5.11. The maximum atomic E-state index is 10.9. The van der Waals surface area contributed by atoms with E-state index in [4.69, 9.17) is 0 Å². The van der Waals surface area contributed by atoms with Crippen molar-refractivity contribution in [1.29, 1.82) is 0 Å². The van der Waals surface area contributed by atoms with Crippen LogP contribution in [0.2, 0.25) is 0 Å². The van der Waals surface area contributed by atoms with Gasteiger partial charge < -0.3 is 0 Å². The van der Waals surface area contributed by atoms with E-state index < -0.39 is 10.1 Å². The number of nitrogens with zero attached hydrogens (tertiary/aromatic N) is 1. The Balaban J connectivity index is 2.99. The molecular formula is C13H15NO3S. The van der Waals surface area contributed by atoms with E-state index in [1.54, 1.807) is 12.2 Å². The van der Waals surface area contributed by atoms with Crippen LogP contribution in [0, 0.1) is 0 Å². The molecule has 0 fully saturated rings. The van der Waals surface area contributed by atoms with Crippen molar-refractivity contribution < 1.29 is 12.7 Å². The van der Waals surface area contributed by atoms with E-state index in [0.717, 1.165) is 11.8 Å². The van der Waals surface area contributed by atoms with Crippen molar-refractivity contribution in [2.24, 2.45) is 5.16 Å². The summed E-state index contributed by atoms with van der Waals surface area (Å²) in [5.41, 5.74) is 1.23. The number of oxime groups is 1. The van der Waals surface area contributed by atoms with E-state index in [-0.39, 0.29) is 0 Å². The highest BCUT2D eigenvalue weighted by atomic mass is 32.2. The van der Waals surface area contributed by atoms with Crippen molar-refractivity contribution in [1.82, 2.24) is 0 Å². The van der Waals surface area contributed by atoms with E-state index >= 15 is 0 Å². The summed E-state index contributed by atoms with van der Waals surface area (Å²) in [5.74, 6) is 0. The number of hydrogen-bond donors (Lipinski definition) is 0. The number of hydrogen-bond acceptors (Lipinski definition) is 4. The summed E-state index contributed by atoms with van der Waals surface area (Å²) in [6.07, 6.45) is 6.88. The first-order valence-corrected chi connectivity index (χ1v) is 7.14. The molecule has 0 amide bonds. The average molecular weight is 265 g/mol. The topological polar surface area (TPSA) is 55.7 Å². The first-order valence-electron chi connectivity index (χ1n) is 5.32. The molecule has 0 saturated carbocycles. The standard InChI is InChI=1S/C13H15NO3S/c1-3-4-6-11-13(14-17-18(2,15)16)12-9-7-5-8-10-12/h3,5-11H,1,4H2,2H3/b11-6-,14-13+. The van der Waals surface area contributed by atoms with Crippen LogP contribution in [0.25, 0.3) is 0 Å². The molecule has 0 aromatic heterocycles. The van der Waals surface area contributed by atoms with Crippen LogP contribution in [0.1, 0.15) is 12.0 Å². The maximum Gasteiger partial charge on any atom is 0.325 e. The van der Waals surface area contributed by atoms with Gasteiger partial charge in [0.15, 0.2) is 0 Å². The van der Waals surface area contributed by atoms with Gasteiger partial charge in [0.25, 0.3) is 0 Å². The second kappa shape index (κ2) is 6.76. The summed E-state index contributed by atoms with van der Waals surface area (Å²) in [7, 11) is -3.60. The third-order valence-electron chi connectivity index (χ3n) is 1.92. The van der Waals surface area contributed by atoms with Crippen molar-refractivity contribution in [2.45, 2.75) is 6.42 Å². The van der Waals surface area contributed by atoms with Gasteiger partial charge in [-0.15, -0.1) is 6.58 Å². The highest BCUT2D eigenvalue weighted by Crippen LogP contribution is 2.05. The Hall–Kier alpha value is -1.88. The number of benzene rings is 1. The lowest BCUT2D eigenvalue weighted by Gasteiger charge is -2.01. The van der Waals surface area contributed by atoms with E-state index in [2.05, 4.69) is 16.0 Å². The van der Waals surface area contributed by atoms with Gasteiger partial charge in [0.2, 0.25) is 0 Å². The van der Waals surface area contributed by atoms with Crippen LogP contribution in [0.15, 0.2) is 60.3 Å². The molecule has 0 atom stereocenters. The summed E-state index contributed by atoms with van der Waals surface area (Å²) in [5, 5.41) is 3.64. The predicted molar refractivity (Wildman–Crippen MR) is 72.9 cm³/mol. The molecule has 0 heterocycles. The highest BCUT2D eigenvalue weighted by molar-refractivity contribution is 7.85. The molecule has 18 heavy (non-hydrogen) atoms. The minimum absolute atomic E-state index is 0.447. The fourth-order valence-electron chi connectivity index (χ4n) is 1.17. The smallest absolute Gasteiger partial charge is 0.268 e. The van der Waals surface area contributed by atoms with Crippen LogP contribution >= 0.6 is 0 Å². The lowest BCUT2D eigenvalue weighted by Crippen LogP contribution is -2.02. The van der Waals surface area contributed by atoms with Crippen LogP contribution in [-0.4, -0.2) is 20.4 Å². The van der Waals surface area contributed by atoms with Crippen molar-refractivity contribution in [3.8, 4) is 0 Å². The van der Waals surface area contributed by atoms with Gasteiger partial charge >= 0.3 is 10.1 Å². The molecule has 0 N–H and O–H groups in total. The van der Waals surface area contributed by atoms with Crippen molar-refractivity contribution in [2.75, 3.05) is 6.26 Å². The molecule has 0 aliphatic carbocycles. The lowest BCUT2D eigenvalue weighted by molar-refractivity contribution is 0.344. The molecule has 0 bridgehead atoms. The normalized spacial score (nSPS) is 12.6. The van der Waals surface area contributed by atoms with Crippen molar-refractivity contribution in [3.05, 3.63) is 60.7 Å². The van der Waals surface area contributed by atoms with Gasteiger partial charge in [0.05, 0.1) is 6.26 Å². The van der Waals surface area contributed by atoms with Crippen LogP contribution in [0.4, 0.5) is 0 Å². The molecule has 1 rings (SSSR count). The molecule has 1 aromatic carbocycles. The first kappa shape index (κ1) is 14.2.